The standard InChI is InChI=1S/C20H19BrF2N4OS/c21-16-10-25-27-3-1-2-17-15(19(16)27)8-18(29-17)20(28)26-14(9-24)6-11-4-12(22)7-13(23)5-11/h4-5,7-8,10,14H,1-3,6,9,24H2,(H,26,28)/t14-/m0/s1. The first-order chi connectivity index (χ1) is 13.9. The molecule has 1 aromatic carbocycles. The lowest BCUT2D eigenvalue weighted by Crippen LogP contribution is -2.41. The summed E-state index contributed by atoms with van der Waals surface area (Å²) in [6, 6.07) is 4.78. The lowest BCUT2D eigenvalue weighted by molar-refractivity contribution is 0.0942. The highest BCUT2D eigenvalue weighted by Crippen LogP contribution is 2.38. The van der Waals surface area contributed by atoms with Gasteiger partial charge < -0.3 is 11.1 Å². The summed E-state index contributed by atoms with van der Waals surface area (Å²) in [6.07, 6.45) is 3.85. The molecule has 0 spiro atoms. The van der Waals surface area contributed by atoms with Crippen molar-refractivity contribution in [3.05, 3.63) is 61.9 Å². The molecule has 4 rings (SSSR count). The van der Waals surface area contributed by atoms with E-state index in [1.807, 2.05) is 10.7 Å². The highest BCUT2D eigenvalue weighted by molar-refractivity contribution is 9.10. The van der Waals surface area contributed by atoms with E-state index in [0.29, 0.717) is 10.4 Å². The number of hydrogen-bond donors (Lipinski definition) is 2. The van der Waals surface area contributed by atoms with E-state index in [4.69, 9.17) is 5.73 Å². The van der Waals surface area contributed by atoms with Crippen LogP contribution in [0.15, 0.2) is 34.9 Å². The molecule has 9 heteroatoms. The fourth-order valence-electron chi connectivity index (χ4n) is 3.58. The van der Waals surface area contributed by atoms with Crippen molar-refractivity contribution in [2.75, 3.05) is 6.54 Å². The van der Waals surface area contributed by atoms with Gasteiger partial charge in [0.15, 0.2) is 0 Å². The first kappa shape index (κ1) is 20.2. The normalized spacial score (nSPS) is 14.1. The van der Waals surface area contributed by atoms with E-state index in [0.717, 1.165) is 46.1 Å². The van der Waals surface area contributed by atoms with Crippen molar-refractivity contribution in [1.29, 1.82) is 0 Å². The van der Waals surface area contributed by atoms with Crippen LogP contribution < -0.4 is 11.1 Å². The minimum absolute atomic E-state index is 0.160. The molecule has 0 saturated carbocycles. The van der Waals surface area contributed by atoms with Crippen LogP contribution in [0.3, 0.4) is 0 Å². The van der Waals surface area contributed by atoms with Crippen molar-refractivity contribution >= 4 is 33.2 Å². The SMILES string of the molecule is NC[C@H](Cc1cc(F)cc(F)c1)NC(=O)c1cc2c(s1)CCCn1ncc(Br)c1-2. The first-order valence-electron chi connectivity index (χ1n) is 9.25. The van der Waals surface area contributed by atoms with Crippen LogP contribution in [-0.4, -0.2) is 28.3 Å². The van der Waals surface area contributed by atoms with E-state index in [1.165, 1.54) is 23.5 Å². The molecule has 2 aromatic heterocycles. The summed E-state index contributed by atoms with van der Waals surface area (Å²) < 4.78 is 29.7. The second-order valence-electron chi connectivity index (χ2n) is 7.00. The van der Waals surface area contributed by atoms with Crippen LogP contribution in [0.25, 0.3) is 11.3 Å². The first-order valence-corrected chi connectivity index (χ1v) is 10.9. The van der Waals surface area contributed by atoms with Crippen molar-refractivity contribution < 1.29 is 13.6 Å². The maximum Gasteiger partial charge on any atom is 0.261 e. The van der Waals surface area contributed by atoms with Gasteiger partial charge >= 0.3 is 0 Å². The highest BCUT2D eigenvalue weighted by Gasteiger charge is 2.24. The van der Waals surface area contributed by atoms with Gasteiger partial charge in [-0.05, 0) is 59.0 Å². The van der Waals surface area contributed by atoms with Crippen LogP contribution in [0.1, 0.15) is 26.5 Å². The van der Waals surface area contributed by atoms with Crippen molar-refractivity contribution in [1.82, 2.24) is 15.1 Å². The van der Waals surface area contributed by atoms with Crippen LogP contribution in [0, 0.1) is 11.6 Å². The van der Waals surface area contributed by atoms with Crippen molar-refractivity contribution in [3.8, 4) is 11.3 Å². The van der Waals surface area contributed by atoms with E-state index in [2.05, 4.69) is 26.3 Å². The predicted molar refractivity (Wildman–Crippen MR) is 112 cm³/mol. The molecule has 0 fully saturated rings. The zero-order valence-corrected chi connectivity index (χ0v) is 17.8. The van der Waals surface area contributed by atoms with Crippen LogP contribution in [0.4, 0.5) is 8.78 Å². The number of aromatic nitrogens is 2. The van der Waals surface area contributed by atoms with Gasteiger partial charge in [-0.25, -0.2) is 8.78 Å². The summed E-state index contributed by atoms with van der Waals surface area (Å²) in [5.74, 6) is -1.53. The van der Waals surface area contributed by atoms with E-state index in [-0.39, 0.29) is 18.9 Å². The molecule has 0 aliphatic carbocycles. The minimum atomic E-state index is -0.647. The summed E-state index contributed by atoms with van der Waals surface area (Å²) in [5.41, 5.74) is 8.24. The molecule has 3 N–H and O–H groups in total. The molecule has 0 bridgehead atoms. The molecule has 5 nitrogen and oxygen atoms in total. The molecule has 0 radical (unpaired) electrons. The Labute approximate surface area is 179 Å². The monoisotopic (exact) mass is 480 g/mol. The smallest absolute Gasteiger partial charge is 0.261 e. The number of halogens is 3. The van der Waals surface area contributed by atoms with Gasteiger partial charge in [0.1, 0.15) is 11.6 Å². The second kappa shape index (κ2) is 8.33. The number of nitrogens with zero attached hydrogens (tertiary/aromatic N) is 2. The van der Waals surface area contributed by atoms with Crippen molar-refractivity contribution in [2.24, 2.45) is 5.73 Å². The number of amides is 1. The molecule has 1 atom stereocenters. The fourth-order valence-corrected chi connectivity index (χ4v) is 5.19. The minimum Gasteiger partial charge on any atom is -0.347 e. The molecule has 3 aromatic rings. The third-order valence-corrected chi connectivity index (χ3v) is 6.65. The average molecular weight is 481 g/mol. The number of thiophene rings is 1. The Morgan fingerprint density at radius 1 is 1.31 bits per heavy atom. The molecule has 0 unspecified atom stereocenters. The summed E-state index contributed by atoms with van der Waals surface area (Å²) in [6.45, 7) is 0.997. The molecule has 0 saturated heterocycles. The Morgan fingerprint density at radius 3 is 2.79 bits per heavy atom. The summed E-state index contributed by atoms with van der Waals surface area (Å²) in [5, 5.41) is 7.28. The Hall–Kier alpha value is -2.10. The second-order valence-corrected chi connectivity index (χ2v) is 8.99. The summed E-state index contributed by atoms with van der Waals surface area (Å²) in [4.78, 5) is 14.6. The molecule has 1 aliphatic heterocycles. The van der Waals surface area contributed by atoms with Gasteiger partial charge in [-0.15, -0.1) is 11.3 Å². The number of aryl methyl sites for hydroxylation is 2. The fraction of sp³-hybridized carbons (Fsp3) is 0.300. The maximum atomic E-state index is 13.4. The Kier molecular flexibility index (Phi) is 5.80. The van der Waals surface area contributed by atoms with Crippen LogP contribution in [-0.2, 0) is 19.4 Å². The zero-order chi connectivity index (χ0) is 20.5. The summed E-state index contributed by atoms with van der Waals surface area (Å²) in [7, 11) is 0. The third kappa shape index (κ3) is 4.26. The van der Waals surface area contributed by atoms with Gasteiger partial charge in [-0.1, -0.05) is 0 Å². The molecular weight excluding hydrogens is 462 g/mol. The lowest BCUT2D eigenvalue weighted by Gasteiger charge is -2.16. The van der Waals surface area contributed by atoms with Gasteiger partial charge in [0.05, 0.1) is 21.2 Å². The molecule has 3 heterocycles. The van der Waals surface area contributed by atoms with Gasteiger partial charge in [0.25, 0.3) is 5.91 Å². The quantitative estimate of drug-likeness (QED) is 0.581. The predicted octanol–water partition coefficient (Wildman–Crippen LogP) is 3.90. The third-order valence-electron chi connectivity index (χ3n) is 4.88. The number of carbonyl (C=O) groups is 1. The van der Waals surface area contributed by atoms with Crippen LogP contribution in [0.2, 0.25) is 0 Å². The van der Waals surface area contributed by atoms with Gasteiger partial charge in [0, 0.05) is 35.6 Å². The zero-order valence-electron chi connectivity index (χ0n) is 15.4. The number of carbonyl (C=O) groups excluding carboxylic acids is 1. The summed E-state index contributed by atoms with van der Waals surface area (Å²) >= 11 is 5.01. The van der Waals surface area contributed by atoms with E-state index < -0.39 is 17.7 Å². The maximum absolute atomic E-state index is 13.4. The molecule has 152 valence electrons. The molecule has 1 aliphatic rings. The number of nitrogens with two attached hydrogens (primary N) is 1. The average Bonchev–Trinajstić information content (AvgIpc) is 3.19. The van der Waals surface area contributed by atoms with Crippen LogP contribution >= 0.6 is 27.3 Å². The largest absolute Gasteiger partial charge is 0.347 e. The van der Waals surface area contributed by atoms with Crippen molar-refractivity contribution in [3.63, 3.8) is 0 Å². The number of rotatable bonds is 5. The number of hydrogen-bond acceptors (Lipinski definition) is 4. The Morgan fingerprint density at radius 2 is 2.07 bits per heavy atom. The van der Waals surface area contributed by atoms with E-state index >= 15 is 0 Å². The highest BCUT2D eigenvalue weighted by atomic mass is 79.9. The Bertz CT molecular complexity index is 1040. The van der Waals surface area contributed by atoms with E-state index in [1.54, 1.807) is 6.20 Å². The molecule has 1 amide bonds. The lowest BCUT2D eigenvalue weighted by atomic mass is 10.1. The van der Waals surface area contributed by atoms with Gasteiger partial charge in [-0.3, -0.25) is 9.48 Å². The number of nitrogens with one attached hydrogen (secondary N) is 1. The topological polar surface area (TPSA) is 72.9 Å². The van der Waals surface area contributed by atoms with Gasteiger partial charge in [-0.2, -0.15) is 5.10 Å². The van der Waals surface area contributed by atoms with Gasteiger partial charge in [0.2, 0.25) is 0 Å². The molecular formula is C20H19BrF2N4OS. The number of benzene rings is 1. The van der Waals surface area contributed by atoms with E-state index in [9.17, 15) is 13.6 Å². The Balaban J connectivity index is 1.54. The van der Waals surface area contributed by atoms with Crippen molar-refractivity contribution in [2.45, 2.75) is 31.8 Å². The van der Waals surface area contributed by atoms with Crippen LogP contribution in [0.5, 0.6) is 0 Å². The molecule has 29 heavy (non-hydrogen) atoms. The number of fused-ring (bicyclic) bond motifs is 3.